The van der Waals surface area contributed by atoms with Crippen molar-refractivity contribution in [3.63, 3.8) is 0 Å². The molecule has 0 spiro atoms. The Morgan fingerprint density at radius 3 is 2.75 bits per heavy atom. The molecule has 4 heteroatoms. The van der Waals surface area contributed by atoms with Crippen LogP contribution in [0.5, 0.6) is 5.75 Å². The fourth-order valence-electron chi connectivity index (χ4n) is 1.49. The van der Waals surface area contributed by atoms with Crippen LogP contribution in [-0.4, -0.2) is 7.11 Å². The second-order valence-electron chi connectivity index (χ2n) is 3.40. The summed E-state index contributed by atoms with van der Waals surface area (Å²) >= 11 is 5.09. The summed E-state index contributed by atoms with van der Waals surface area (Å²) < 4.78 is 6.28. The summed E-state index contributed by atoms with van der Waals surface area (Å²) in [5.41, 5.74) is 7.25. The zero-order valence-corrected chi connectivity index (χ0v) is 11.2. The predicted molar refractivity (Wildman–Crippen MR) is 71.0 cm³/mol. The third-order valence-electron chi connectivity index (χ3n) is 2.35. The van der Waals surface area contributed by atoms with Crippen molar-refractivity contribution in [2.75, 3.05) is 7.11 Å². The lowest BCUT2D eigenvalue weighted by molar-refractivity contribution is 0.414. The summed E-state index contributed by atoms with van der Waals surface area (Å²) in [5.74, 6) is 0.837. The van der Waals surface area contributed by atoms with Crippen molar-refractivity contribution in [1.82, 2.24) is 0 Å². The lowest BCUT2D eigenvalue weighted by atomic mass is 10.1. The van der Waals surface area contributed by atoms with Gasteiger partial charge in [-0.15, -0.1) is 11.3 Å². The molecular formula is C12H12BrNOS. The molecule has 0 saturated heterocycles. The van der Waals surface area contributed by atoms with Gasteiger partial charge < -0.3 is 10.5 Å². The van der Waals surface area contributed by atoms with Crippen molar-refractivity contribution in [2.45, 2.75) is 6.04 Å². The molecule has 0 amide bonds. The highest BCUT2D eigenvalue weighted by Gasteiger charge is 2.11. The van der Waals surface area contributed by atoms with E-state index in [1.807, 2.05) is 36.4 Å². The van der Waals surface area contributed by atoms with Gasteiger partial charge in [0.1, 0.15) is 5.75 Å². The maximum absolute atomic E-state index is 6.19. The first-order chi connectivity index (χ1) is 7.70. The molecule has 84 valence electrons. The van der Waals surface area contributed by atoms with E-state index in [9.17, 15) is 0 Å². The number of hydrogen-bond donors (Lipinski definition) is 1. The lowest BCUT2D eigenvalue weighted by Crippen LogP contribution is -2.10. The second kappa shape index (κ2) is 4.99. The van der Waals surface area contributed by atoms with Crippen molar-refractivity contribution in [3.8, 4) is 5.75 Å². The Balaban J connectivity index is 2.29. The minimum Gasteiger partial charge on any atom is -0.497 e. The van der Waals surface area contributed by atoms with Gasteiger partial charge in [-0.25, -0.2) is 0 Å². The quantitative estimate of drug-likeness (QED) is 0.940. The molecule has 1 heterocycles. The molecule has 0 aliphatic heterocycles. The Morgan fingerprint density at radius 1 is 1.31 bits per heavy atom. The van der Waals surface area contributed by atoms with Crippen LogP contribution in [0.25, 0.3) is 0 Å². The molecule has 1 aromatic heterocycles. The van der Waals surface area contributed by atoms with E-state index in [0.29, 0.717) is 0 Å². The van der Waals surface area contributed by atoms with Gasteiger partial charge in [-0.1, -0.05) is 12.1 Å². The maximum Gasteiger partial charge on any atom is 0.119 e. The molecule has 1 atom stereocenters. The number of rotatable bonds is 3. The van der Waals surface area contributed by atoms with Gasteiger partial charge in [0.25, 0.3) is 0 Å². The minimum absolute atomic E-state index is 0.0913. The lowest BCUT2D eigenvalue weighted by Gasteiger charge is -2.11. The SMILES string of the molecule is COc1cccc(C(N)c2ccc(Br)s2)c1. The largest absolute Gasteiger partial charge is 0.497 e. The average Bonchev–Trinajstić information content (AvgIpc) is 2.75. The normalized spacial score (nSPS) is 12.4. The van der Waals surface area contributed by atoms with E-state index in [1.165, 1.54) is 0 Å². The van der Waals surface area contributed by atoms with Gasteiger partial charge in [-0.2, -0.15) is 0 Å². The molecule has 2 aromatic rings. The molecule has 0 saturated carbocycles. The number of ether oxygens (including phenoxy) is 1. The minimum atomic E-state index is -0.0913. The first-order valence-corrected chi connectivity index (χ1v) is 6.46. The predicted octanol–water partition coefficient (Wildman–Crippen LogP) is 3.57. The van der Waals surface area contributed by atoms with E-state index in [1.54, 1.807) is 18.4 Å². The summed E-state index contributed by atoms with van der Waals surface area (Å²) in [4.78, 5) is 1.14. The van der Waals surface area contributed by atoms with Crippen LogP contribution in [-0.2, 0) is 0 Å². The molecule has 0 aliphatic carbocycles. The van der Waals surface area contributed by atoms with Crippen LogP contribution in [0.4, 0.5) is 0 Å². The third kappa shape index (κ3) is 2.45. The Labute approximate surface area is 107 Å². The molecule has 1 unspecified atom stereocenters. The van der Waals surface area contributed by atoms with E-state index < -0.39 is 0 Å². The van der Waals surface area contributed by atoms with Gasteiger partial charge in [-0.05, 0) is 45.8 Å². The maximum atomic E-state index is 6.19. The van der Waals surface area contributed by atoms with E-state index in [0.717, 1.165) is 20.0 Å². The Bertz CT molecular complexity index is 483. The smallest absolute Gasteiger partial charge is 0.119 e. The fourth-order valence-corrected chi connectivity index (χ4v) is 2.95. The zero-order chi connectivity index (χ0) is 11.5. The van der Waals surface area contributed by atoms with E-state index in [2.05, 4.69) is 15.9 Å². The first-order valence-electron chi connectivity index (χ1n) is 4.85. The molecule has 0 aliphatic rings. The molecule has 1 aromatic carbocycles. The standard InChI is InChI=1S/C12H12BrNOS/c1-15-9-4-2-3-8(7-9)12(14)10-5-6-11(13)16-10/h2-7,12H,14H2,1H3. The van der Waals surface area contributed by atoms with Crippen LogP contribution in [0.3, 0.4) is 0 Å². The van der Waals surface area contributed by atoms with E-state index >= 15 is 0 Å². The van der Waals surface area contributed by atoms with Gasteiger partial charge in [0.15, 0.2) is 0 Å². The van der Waals surface area contributed by atoms with Gasteiger partial charge in [-0.3, -0.25) is 0 Å². The van der Waals surface area contributed by atoms with E-state index in [-0.39, 0.29) is 6.04 Å². The van der Waals surface area contributed by atoms with Crippen LogP contribution < -0.4 is 10.5 Å². The van der Waals surface area contributed by atoms with Gasteiger partial charge >= 0.3 is 0 Å². The number of thiophene rings is 1. The third-order valence-corrected chi connectivity index (χ3v) is 4.06. The summed E-state index contributed by atoms with van der Waals surface area (Å²) in [6.07, 6.45) is 0. The molecule has 2 rings (SSSR count). The van der Waals surface area contributed by atoms with Crippen molar-refractivity contribution in [1.29, 1.82) is 0 Å². The molecule has 16 heavy (non-hydrogen) atoms. The summed E-state index contributed by atoms with van der Waals surface area (Å²) in [6.45, 7) is 0. The highest BCUT2D eigenvalue weighted by atomic mass is 79.9. The van der Waals surface area contributed by atoms with Gasteiger partial charge in [0, 0.05) is 4.88 Å². The molecule has 0 fully saturated rings. The molecule has 0 bridgehead atoms. The van der Waals surface area contributed by atoms with Crippen LogP contribution in [0.1, 0.15) is 16.5 Å². The van der Waals surface area contributed by atoms with Crippen LogP contribution in [0.15, 0.2) is 40.2 Å². The summed E-state index contributed by atoms with van der Waals surface area (Å²) in [7, 11) is 1.66. The fraction of sp³-hybridized carbons (Fsp3) is 0.167. The molecule has 2 nitrogen and oxygen atoms in total. The molecular weight excluding hydrogens is 286 g/mol. The first kappa shape index (κ1) is 11.6. The summed E-state index contributed by atoms with van der Waals surface area (Å²) in [6, 6.07) is 11.8. The summed E-state index contributed by atoms with van der Waals surface area (Å²) in [5, 5.41) is 0. The topological polar surface area (TPSA) is 35.2 Å². The van der Waals surface area contributed by atoms with Crippen molar-refractivity contribution >= 4 is 27.3 Å². The number of nitrogens with two attached hydrogens (primary N) is 1. The number of benzene rings is 1. The monoisotopic (exact) mass is 297 g/mol. The van der Waals surface area contributed by atoms with Crippen molar-refractivity contribution in [2.24, 2.45) is 5.73 Å². The van der Waals surface area contributed by atoms with Crippen molar-refractivity contribution < 1.29 is 4.74 Å². The number of methoxy groups -OCH3 is 1. The average molecular weight is 298 g/mol. The Kier molecular flexibility index (Phi) is 3.63. The van der Waals surface area contributed by atoms with Gasteiger partial charge in [0.05, 0.1) is 16.9 Å². The highest BCUT2D eigenvalue weighted by molar-refractivity contribution is 9.11. The van der Waals surface area contributed by atoms with E-state index in [4.69, 9.17) is 10.5 Å². The Morgan fingerprint density at radius 2 is 2.12 bits per heavy atom. The second-order valence-corrected chi connectivity index (χ2v) is 5.89. The van der Waals surface area contributed by atoms with Gasteiger partial charge in [0.2, 0.25) is 0 Å². The van der Waals surface area contributed by atoms with Crippen molar-refractivity contribution in [3.05, 3.63) is 50.6 Å². The molecule has 0 radical (unpaired) electrons. The number of hydrogen-bond acceptors (Lipinski definition) is 3. The molecule has 2 N–H and O–H groups in total. The zero-order valence-electron chi connectivity index (χ0n) is 8.81. The highest BCUT2D eigenvalue weighted by Crippen LogP contribution is 2.30. The van der Waals surface area contributed by atoms with Crippen LogP contribution in [0.2, 0.25) is 0 Å². The van der Waals surface area contributed by atoms with Crippen LogP contribution >= 0.6 is 27.3 Å². The Hall–Kier alpha value is -0.840. The van der Waals surface area contributed by atoms with Crippen LogP contribution in [0, 0.1) is 0 Å². The number of halogens is 1.